The van der Waals surface area contributed by atoms with E-state index < -0.39 is 20.2 Å². The number of ether oxygens (including phenoxy) is 2. The van der Waals surface area contributed by atoms with E-state index in [1.165, 1.54) is 0 Å². The van der Waals surface area contributed by atoms with Gasteiger partial charge in [-0.2, -0.15) is 0 Å². The highest BCUT2D eigenvalue weighted by molar-refractivity contribution is 6.74. The highest BCUT2D eigenvalue weighted by Gasteiger charge is 2.56. The van der Waals surface area contributed by atoms with Crippen LogP contribution < -0.4 is 0 Å². The van der Waals surface area contributed by atoms with Gasteiger partial charge >= 0.3 is 0 Å². The zero-order valence-corrected chi connectivity index (χ0v) is 19.5. The summed E-state index contributed by atoms with van der Waals surface area (Å²) in [6, 6.07) is 0. The molecule has 0 aromatic heterocycles. The SMILES string of the molecule is C[C@@H]1C[C@H](CO[Si](C)(C)C(C)(C)C)C2(O[C@H](C)C[C@H](C)O2)[C@H](O)[C@@H](C)C1. The molecular weight excluding hydrogens is 344 g/mol. The second-order valence-corrected chi connectivity index (χ2v) is 15.4. The molecule has 0 aromatic carbocycles. The van der Waals surface area contributed by atoms with Gasteiger partial charge in [0.2, 0.25) is 0 Å². The second kappa shape index (κ2) is 7.82. The van der Waals surface area contributed by atoms with Crippen molar-refractivity contribution in [3.63, 3.8) is 0 Å². The van der Waals surface area contributed by atoms with Crippen molar-refractivity contribution in [3.05, 3.63) is 0 Å². The first-order chi connectivity index (χ1) is 11.8. The van der Waals surface area contributed by atoms with Crippen LogP contribution in [0, 0.1) is 17.8 Å². The first-order valence-electron chi connectivity index (χ1n) is 10.5. The molecule has 154 valence electrons. The molecule has 1 aliphatic carbocycles. The Bertz CT molecular complexity index is 463. The fraction of sp³-hybridized carbons (Fsp3) is 1.00. The molecule has 2 rings (SSSR count). The Morgan fingerprint density at radius 2 is 1.54 bits per heavy atom. The Balaban J connectivity index is 2.32. The molecule has 1 aliphatic heterocycles. The molecular formula is C21H42O4Si. The normalized spacial score (nSPS) is 42.7. The first kappa shape index (κ1) is 22.3. The maximum Gasteiger partial charge on any atom is 0.200 e. The highest BCUT2D eigenvalue weighted by Crippen LogP contribution is 2.46. The van der Waals surface area contributed by atoms with E-state index in [-0.39, 0.29) is 29.1 Å². The summed E-state index contributed by atoms with van der Waals surface area (Å²) in [5.41, 5.74) is 0. The van der Waals surface area contributed by atoms with Crippen molar-refractivity contribution in [2.45, 2.75) is 110 Å². The van der Waals surface area contributed by atoms with Crippen LogP contribution in [-0.2, 0) is 13.9 Å². The van der Waals surface area contributed by atoms with Crippen molar-refractivity contribution in [1.82, 2.24) is 0 Å². The van der Waals surface area contributed by atoms with E-state index in [1.807, 2.05) is 0 Å². The van der Waals surface area contributed by atoms with Gasteiger partial charge in [0.25, 0.3) is 0 Å². The van der Waals surface area contributed by atoms with Crippen LogP contribution in [0.2, 0.25) is 18.1 Å². The van der Waals surface area contributed by atoms with Gasteiger partial charge < -0.3 is 19.0 Å². The third-order valence-electron chi connectivity index (χ3n) is 6.87. The van der Waals surface area contributed by atoms with E-state index in [9.17, 15) is 5.11 Å². The molecule has 1 spiro atoms. The third-order valence-corrected chi connectivity index (χ3v) is 11.4. The fourth-order valence-electron chi connectivity index (χ4n) is 4.41. The molecule has 1 heterocycles. The Morgan fingerprint density at radius 3 is 2.04 bits per heavy atom. The summed E-state index contributed by atoms with van der Waals surface area (Å²) in [6.45, 7) is 20.5. The van der Waals surface area contributed by atoms with E-state index in [0.717, 1.165) is 19.3 Å². The quantitative estimate of drug-likeness (QED) is 0.696. The lowest BCUT2D eigenvalue weighted by Gasteiger charge is -2.50. The maximum atomic E-state index is 11.3. The van der Waals surface area contributed by atoms with E-state index in [0.29, 0.717) is 12.5 Å². The minimum atomic E-state index is -1.87. The Hall–Kier alpha value is 0.0569. The number of hydrogen-bond donors (Lipinski definition) is 1. The number of hydrogen-bond acceptors (Lipinski definition) is 4. The summed E-state index contributed by atoms with van der Waals surface area (Å²) in [5, 5.41) is 11.4. The topological polar surface area (TPSA) is 47.9 Å². The number of aliphatic hydroxyl groups is 1. The minimum absolute atomic E-state index is 0.0526. The second-order valence-electron chi connectivity index (χ2n) is 10.6. The van der Waals surface area contributed by atoms with E-state index in [1.54, 1.807) is 0 Å². The highest BCUT2D eigenvalue weighted by atomic mass is 28.4. The Kier molecular flexibility index (Phi) is 6.72. The van der Waals surface area contributed by atoms with Gasteiger partial charge in [0.15, 0.2) is 14.1 Å². The van der Waals surface area contributed by atoms with Crippen LogP contribution in [-0.4, -0.2) is 44.1 Å². The molecule has 0 bridgehead atoms. The Labute approximate surface area is 162 Å². The summed E-state index contributed by atoms with van der Waals surface area (Å²) in [5.74, 6) is -0.215. The van der Waals surface area contributed by atoms with Crippen LogP contribution in [0.25, 0.3) is 0 Å². The van der Waals surface area contributed by atoms with Crippen molar-refractivity contribution >= 4 is 8.32 Å². The van der Waals surface area contributed by atoms with Crippen LogP contribution in [0.1, 0.15) is 67.7 Å². The molecule has 1 unspecified atom stereocenters. The van der Waals surface area contributed by atoms with Gasteiger partial charge in [-0.05, 0) is 63.1 Å². The van der Waals surface area contributed by atoms with Crippen LogP contribution >= 0.6 is 0 Å². The van der Waals surface area contributed by atoms with E-state index >= 15 is 0 Å². The van der Waals surface area contributed by atoms with Gasteiger partial charge in [-0.25, -0.2) is 0 Å². The van der Waals surface area contributed by atoms with Crippen LogP contribution in [0.3, 0.4) is 0 Å². The van der Waals surface area contributed by atoms with Crippen LogP contribution in [0.15, 0.2) is 0 Å². The van der Waals surface area contributed by atoms with E-state index in [2.05, 4.69) is 61.6 Å². The molecule has 0 amide bonds. The van der Waals surface area contributed by atoms with Gasteiger partial charge in [-0.1, -0.05) is 34.6 Å². The molecule has 2 fully saturated rings. The molecule has 0 aromatic rings. The van der Waals surface area contributed by atoms with Gasteiger partial charge in [0, 0.05) is 12.5 Å². The summed E-state index contributed by atoms with van der Waals surface area (Å²) >= 11 is 0. The third kappa shape index (κ3) is 4.54. The van der Waals surface area contributed by atoms with Crippen molar-refractivity contribution in [1.29, 1.82) is 0 Å². The molecule has 26 heavy (non-hydrogen) atoms. The molecule has 0 radical (unpaired) electrons. The molecule has 5 heteroatoms. The predicted octanol–water partition coefficient (Wildman–Crippen LogP) is 4.96. The summed E-state index contributed by atoms with van der Waals surface area (Å²) in [4.78, 5) is 0. The molecule has 1 saturated carbocycles. The summed E-state index contributed by atoms with van der Waals surface area (Å²) in [6.07, 6.45) is 2.39. The van der Waals surface area contributed by atoms with Crippen LogP contribution in [0.4, 0.5) is 0 Å². The standard InChI is InChI=1S/C21H42O4Si/c1-14-10-15(2)19(22)21(24-16(3)12-17(4)25-21)18(11-14)13-23-26(8,9)20(5,6)7/h14-19,22H,10-13H2,1-9H3/t14-,15-,16-,17+,18+,19+,21?/m0/s1. The van der Waals surface area contributed by atoms with Crippen molar-refractivity contribution < 1.29 is 19.0 Å². The van der Waals surface area contributed by atoms with Gasteiger partial charge in [-0.3, -0.25) is 0 Å². The average Bonchev–Trinajstić information content (AvgIpc) is 2.54. The lowest BCUT2D eigenvalue weighted by molar-refractivity contribution is -0.373. The zero-order valence-electron chi connectivity index (χ0n) is 18.5. The summed E-state index contributed by atoms with van der Waals surface area (Å²) < 4.78 is 19.4. The molecule has 7 atom stereocenters. The van der Waals surface area contributed by atoms with Gasteiger partial charge in [0.1, 0.15) is 6.10 Å². The lowest BCUT2D eigenvalue weighted by atomic mass is 9.87. The van der Waals surface area contributed by atoms with Crippen LogP contribution in [0.5, 0.6) is 0 Å². The molecule has 1 saturated heterocycles. The van der Waals surface area contributed by atoms with E-state index in [4.69, 9.17) is 13.9 Å². The molecule has 1 N–H and O–H groups in total. The summed E-state index contributed by atoms with van der Waals surface area (Å²) in [7, 11) is -1.87. The minimum Gasteiger partial charge on any atom is -0.416 e. The maximum absolute atomic E-state index is 11.3. The fourth-order valence-corrected chi connectivity index (χ4v) is 5.46. The van der Waals surface area contributed by atoms with Gasteiger partial charge in [0.05, 0.1) is 12.2 Å². The number of aliphatic hydroxyl groups excluding tert-OH is 1. The largest absolute Gasteiger partial charge is 0.416 e. The predicted molar refractivity (Wildman–Crippen MR) is 109 cm³/mol. The smallest absolute Gasteiger partial charge is 0.200 e. The lowest BCUT2D eigenvalue weighted by Crippen LogP contribution is -2.61. The first-order valence-corrected chi connectivity index (χ1v) is 13.4. The Morgan fingerprint density at radius 1 is 1.00 bits per heavy atom. The zero-order chi connectivity index (χ0) is 19.9. The van der Waals surface area contributed by atoms with Crippen molar-refractivity contribution in [2.75, 3.05) is 6.61 Å². The monoisotopic (exact) mass is 386 g/mol. The molecule has 4 nitrogen and oxygen atoms in total. The average molecular weight is 387 g/mol. The van der Waals surface area contributed by atoms with Crippen molar-refractivity contribution in [2.24, 2.45) is 17.8 Å². The number of rotatable bonds is 3. The van der Waals surface area contributed by atoms with Crippen molar-refractivity contribution in [3.8, 4) is 0 Å². The van der Waals surface area contributed by atoms with Gasteiger partial charge in [-0.15, -0.1) is 0 Å². The molecule has 2 aliphatic rings.